The molecule has 0 aliphatic rings. The van der Waals surface area contributed by atoms with Gasteiger partial charge in [-0.3, -0.25) is 0 Å². The Balaban J connectivity index is 2.39. The predicted octanol–water partition coefficient (Wildman–Crippen LogP) is 1.11. The zero-order chi connectivity index (χ0) is 14.1. The van der Waals surface area contributed by atoms with E-state index in [4.69, 9.17) is 10.00 Å². The summed E-state index contributed by atoms with van der Waals surface area (Å²) in [5.74, 6) is 0.960. The van der Waals surface area contributed by atoms with Crippen molar-refractivity contribution < 1.29 is 13.2 Å². The lowest BCUT2D eigenvalue weighted by molar-refractivity contribution is 0.367. The quantitative estimate of drug-likeness (QED) is 0.723. The lowest BCUT2D eigenvalue weighted by atomic mass is 10.2. The second-order valence-electron chi connectivity index (χ2n) is 4.01. The molecule has 0 heterocycles. The van der Waals surface area contributed by atoms with Gasteiger partial charge in [-0.25, -0.2) is 8.42 Å². The summed E-state index contributed by atoms with van der Waals surface area (Å²) in [7, 11) is -2.92. The normalized spacial score (nSPS) is 10.9. The van der Waals surface area contributed by atoms with Gasteiger partial charge in [-0.15, -0.1) is 0 Å². The first-order valence-corrected chi connectivity index (χ1v) is 7.89. The van der Waals surface area contributed by atoms with E-state index in [1.807, 2.05) is 24.3 Å². The topological polar surface area (TPSA) is 79.2 Å². The molecule has 0 spiro atoms. The molecule has 1 aromatic carbocycles. The van der Waals surface area contributed by atoms with Crippen LogP contribution in [0.3, 0.4) is 0 Å². The van der Waals surface area contributed by atoms with E-state index in [0.29, 0.717) is 18.8 Å². The van der Waals surface area contributed by atoms with Gasteiger partial charge in [0.05, 0.1) is 5.75 Å². The second-order valence-corrected chi connectivity index (χ2v) is 6.48. The van der Waals surface area contributed by atoms with E-state index in [2.05, 4.69) is 5.32 Å². The van der Waals surface area contributed by atoms with Gasteiger partial charge in [0.25, 0.3) is 0 Å². The van der Waals surface area contributed by atoms with Gasteiger partial charge in [0.15, 0.2) is 16.4 Å². The maximum atomic E-state index is 11.3. The molecule has 104 valence electrons. The average Bonchev–Trinajstić information content (AvgIpc) is 2.42. The monoisotopic (exact) mass is 282 g/mol. The zero-order valence-corrected chi connectivity index (χ0v) is 11.7. The molecule has 1 rings (SSSR count). The molecule has 0 saturated heterocycles. The van der Waals surface area contributed by atoms with Gasteiger partial charge in [-0.1, -0.05) is 19.1 Å². The van der Waals surface area contributed by atoms with Crippen LogP contribution in [0.15, 0.2) is 24.3 Å². The van der Waals surface area contributed by atoms with E-state index in [9.17, 15) is 8.42 Å². The Bertz CT molecular complexity index is 535. The van der Waals surface area contributed by atoms with Crippen LogP contribution in [0.25, 0.3) is 0 Å². The molecule has 0 fully saturated rings. The Kier molecular flexibility index (Phi) is 6.33. The Morgan fingerprint density at radius 2 is 2.21 bits per heavy atom. The van der Waals surface area contributed by atoms with E-state index in [0.717, 1.165) is 5.56 Å². The van der Waals surface area contributed by atoms with Crippen molar-refractivity contribution in [2.24, 2.45) is 0 Å². The summed E-state index contributed by atoms with van der Waals surface area (Å²) in [6, 6.07) is 9.28. The summed E-state index contributed by atoms with van der Waals surface area (Å²) < 4.78 is 27.8. The van der Waals surface area contributed by atoms with Crippen molar-refractivity contribution in [3.8, 4) is 11.8 Å². The van der Waals surface area contributed by atoms with Crippen molar-refractivity contribution in [2.45, 2.75) is 13.5 Å². The highest BCUT2D eigenvalue weighted by molar-refractivity contribution is 7.91. The summed E-state index contributed by atoms with van der Waals surface area (Å²) in [6.07, 6.45) is 0. The summed E-state index contributed by atoms with van der Waals surface area (Å²) >= 11 is 0. The van der Waals surface area contributed by atoms with Crippen LogP contribution >= 0.6 is 0 Å². The fourth-order valence-electron chi connectivity index (χ4n) is 1.47. The van der Waals surface area contributed by atoms with Crippen LogP contribution in [0.4, 0.5) is 0 Å². The first-order chi connectivity index (χ1) is 9.07. The van der Waals surface area contributed by atoms with Crippen molar-refractivity contribution in [3.63, 3.8) is 0 Å². The highest BCUT2D eigenvalue weighted by atomic mass is 32.2. The minimum atomic E-state index is -2.92. The maximum Gasteiger partial charge on any atom is 0.174 e. The number of rotatable bonds is 8. The summed E-state index contributed by atoms with van der Waals surface area (Å²) in [4.78, 5) is 0. The number of nitrogens with zero attached hydrogens (tertiary/aromatic N) is 1. The van der Waals surface area contributed by atoms with E-state index >= 15 is 0 Å². The molecule has 0 unspecified atom stereocenters. The fourth-order valence-corrected chi connectivity index (χ4v) is 2.21. The molecule has 1 N–H and O–H groups in total. The van der Waals surface area contributed by atoms with E-state index in [1.165, 1.54) is 0 Å². The minimum Gasteiger partial charge on any atom is -0.479 e. The Morgan fingerprint density at radius 1 is 1.42 bits per heavy atom. The van der Waals surface area contributed by atoms with E-state index in [-0.39, 0.29) is 18.1 Å². The van der Waals surface area contributed by atoms with Gasteiger partial charge >= 0.3 is 0 Å². The Hall–Kier alpha value is -1.58. The Morgan fingerprint density at radius 3 is 2.89 bits per heavy atom. The lowest BCUT2D eigenvalue weighted by Crippen LogP contribution is -2.23. The fraction of sp³-hybridized carbons (Fsp3) is 0.462. The number of sulfone groups is 1. The second kappa shape index (κ2) is 7.77. The molecule has 0 aromatic heterocycles. The van der Waals surface area contributed by atoms with Crippen molar-refractivity contribution in [1.29, 1.82) is 5.26 Å². The third-order valence-corrected chi connectivity index (χ3v) is 4.27. The highest BCUT2D eigenvalue weighted by Gasteiger charge is 2.06. The third kappa shape index (κ3) is 6.22. The van der Waals surface area contributed by atoms with Gasteiger partial charge in [0.1, 0.15) is 11.8 Å². The smallest absolute Gasteiger partial charge is 0.174 e. The van der Waals surface area contributed by atoms with Gasteiger partial charge < -0.3 is 10.1 Å². The lowest BCUT2D eigenvalue weighted by Gasteiger charge is -2.07. The molecule has 0 aliphatic carbocycles. The van der Waals surface area contributed by atoms with Crippen LogP contribution in [0.2, 0.25) is 0 Å². The SMILES string of the molecule is CCS(=O)(=O)CCNCc1cccc(OCC#N)c1. The van der Waals surface area contributed by atoms with E-state index < -0.39 is 9.84 Å². The number of nitrogens with one attached hydrogen (secondary N) is 1. The van der Waals surface area contributed by atoms with Crippen LogP contribution in [-0.4, -0.2) is 33.1 Å². The third-order valence-electron chi connectivity index (χ3n) is 2.56. The summed E-state index contributed by atoms with van der Waals surface area (Å²) in [6.45, 7) is 2.67. The van der Waals surface area contributed by atoms with Crippen LogP contribution in [0.1, 0.15) is 12.5 Å². The molecule has 0 saturated carbocycles. The van der Waals surface area contributed by atoms with Crippen LogP contribution in [0.5, 0.6) is 5.75 Å². The van der Waals surface area contributed by atoms with Gasteiger partial charge in [-0.2, -0.15) is 5.26 Å². The number of hydrogen-bond donors (Lipinski definition) is 1. The molecule has 19 heavy (non-hydrogen) atoms. The number of hydrogen-bond acceptors (Lipinski definition) is 5. The largest absolute Gasteiger partial charge is 0.479 e. The summed E-state index contributed by atoms with van der Waals surface area (Å²) in [5, 5.41) is 11.5. The minimum absolute atomic E-state index is 0.0195. The van der Waals surface area contributed by atoms with Crippen LogP contribution in [0, 0.1) is 11.3 Å². The molecule has 0 bridgehead atoms. The van der Waals surface area contributed by atoms with Gasteiger partial charge in [0.2, 0.25) is 0 Å². The highest BCUT2D eigenvalue weighted by Crippen LogP contribution is 2.12. The average molecular weight is 282 g/mol. The molecule has 5 nitrogen and oxygen atoms in total. The van der Waals surface area contributed by atoms with Crippen LogP contribution < -0.4 is 10.1 Å². The standard InChI is InChI=1S/C13H18N2O3S/c1-2-19(16,17)9-7-15-11-12-4-3-5-13(10-12)18-8-6-14/h3-5,10,15H,2,7-9,11H2,1H3. The van der Waals surface area contributed by atoms with Gasteiger partial charge in [-0.05, 0) is 17.7 Å². The molecule has 0 amide bonds. The van der Waals surface area contributed by atoms with Crippen molar-refractivity contribution >= 4 is 9.84 Å². The first kappa shape index (κ1) is 15.5. The zero-order valence-electron chi connectivity index (χ0n) is 10.9. The summed E-state index contributed by atoms with van der Waals surface area (Å²) in [5.41, 5.74) is 0.990. The molecule has 1 aromatic rings. The Labute approximate surface area is 114 Å². The molecule has 6 heteroatoms. The number of nitriles is 1. The molecular weight excluding hydrogens is 264 g/mol. The first-order valence-electron chi connectivity index (χ1n) is 6.07. The maximum absolute atomic E-state index is 11.3. The number of ether oxygens (including phenoxy) is 1. The van der Waals surface area contributed by atoms with Crippen molar-refractivity contribution in [3.05, 3.63) is 29.8 Å². The molecule has 0 aliphatic heterocycles. The molecule has 0 atom stereocenters. The molecular formula is C13H18N2O3S. The van der Waals surface area contributed by atoms with Crippen molar-refractivity contribution in [1.82, 2.24) is 5.32 Å². The van der Waals surface area contributed by atoms with Gasteiger partial charge in [0, 0.05) is 18.8 Å². The predicted molar refractivity (Wildman–Crippen MR) is 73.6 cm³/mol. The number of benzene rings is 1. The molecule has 0 radical (unpaired) electrons. The van der Waals surface area contributed by atoms with Crippen LogP contribution in [-0.2, 0) is 16.4 Å². The van der Waals surface area contributed by atoms with E-state index in [1.54, 1.807) is 13.0 Å². The van der Waals surface area contributed by atoms with Crippen molar-refractivity contribution in [2.75, 3.05) is 24.7 Å².